The van der Waals surface area contributed by atoms with E-state index in [4.69, 9.17) is 16.3 Å². The van der Waals surface area contributed by atoms with Crippen LogP contribution in [0.1, 0.15) is 29.8 Å². The Balaban J connectivity index is 1.79. The molecule has 2 aromatic carbocycles. The maximum Gasteiger partial charge on any atom is 0.251 e. The normalized spacial score (nSPS) is 20.4. The molecule has 1 aliphatic rings. The molecule has 2 aromatic rings. The lowest BCUT2D eigenvalue weighted by molar-refractivity contribution is -0.0440. The zero-order chi connectivity index (χ0) is 21.2. The van der Waals surface area contributed by atoms with E-state index >= 15 is 0 Å². The van der Waals surface area contributed by atoms with Crippen LogP contribution in [0.4, 0.5) is 4.39 Å². The summed E-state index contributed by atoms with van der Waals surface area (Å²) < 4.78 is 46.1. The third-order valence-electron chi connectivity index (χ3n) is 4.56. The van der Waals surface area contributed by atoms with E-state index in [0.29, 0.717) is 0 Å². The predicted octanol–water partition coefficient (Wildman–Crippen LogP) is 3.21. The minimum Gasteiger partial charge on any atom is -0.373 e. The second-order valence-electron chi connectivity index (χ2n) is 7.03. The molecule has 1 amide bonds. The Bertz CT molecular complexity index is 988. The van der Waals surface area contributed by atoms with Crippen LogP contribution in [0.5, 0.6) is 0 Å². The fourth-order valence-electron chi connectivity index (χ4n) is 3.19. The van der Waals surface area contributed by atoms with Gasteiger partial charge >= 0.3 is 0 Å². The van der Waals surface area contributed by atoms with Crippen LogP contribution in [0, 0.1) is 5.82 Å². The van der Waals surface area contributed by atoms with Gasteiger partial charge < -0.3 is 10.1 Å². The average Bonchev–Trinajstić information content (AvgIpc) is 2.66. The van der Waals surface area contributed by atoms with Crippen molar-refractivity contribution in [1.82, 2.24) is 9.62 Å². The molecule has 9 heteroatoms. The van der Waals surface area contributed by atoms with Gasteiger partial charge in [-0.05, 0) is 49.7 Å². The predicted molar refractivity (Wildman–Crippen MR) is 108 cm³/mol. The van der Waals surface area contributed by atoms with Gasteiger partial charge in [0.1, 0.15) is 10.7 Å². The van der Waals surface area contributed by atoms with Crippen molar-refractivity contribution in [1.29, 1.82) is 0 Å². The second-order valence-corrected chi connectivity index (χ2v) is 9.35. The van der Waals surface area contributed by atoms with Crippen LogP contribution in [-0.2, 0) is 21.3 Å². The number of sulfonamides is 1. The fraction of sp³-hybridized carbons (Fsp3) is 0.350. The third kappa shape index (κ3) is 5.14. The molecule has 2 atom stereocenters. The third-order valence-corrected chi connectivity index (χ3v) is 6.88. The Labute approximate surface area is 174 Å². The van der Waals surface area contributed by atoms with Crippen molar-refractivity contribution in [2.45, 2.75) is 37.5 Å². The molecule has 3 rings (SSSR count). The Morgan fingerprint density at radius 3 is 2.41 bits per heavy atom. The number of benzene rings is 2. The molecule has 1 heterocycles. The van der Waals surface area contributed by atoms with Crippen LogP contribution in [-0.4, -0.2) is 43.9 Å². The van der Waals surface area contributed by atoms with Crippen molar-refractivity contribution in [2.75, 3.05) is 13.1 Å². The topological polar surface area (TPSA) is 75.7 Å². The molecule has 1 aliphatic heterocycles. The number of rotatable bonds is 5. The van der Waals surface area contributed by atoms with E-state index in [2.05, 4.69) is 5.32 Å². The van der Waals surface area contributed by atoms with Crippen molar-refractivity contribution >= 4 is 27.5 Å². The van der Waals surface area contributed by atoms with E-state index in [0.717, 1.165) is 5.56 Å². The summed E-state index contributed by atoms with van der Waals surface area (Å²) in [5.74, 6) is -0.814. The van der Waals surface area contributed by atoms with Gasteiger partial charge in [-0.1, -0.05) is 23.7 Å². The zero-order valence-electron chi connectivity index (χ0n) is 16.1. The van der Waals surface area contributed by atoms with Crippen molar-refractivity contribution in [3.63, 3.8) is 0 Å². The largest absolute Gasteiger partial charge is 0.373 e. The number of hydrogen-bond acceptors (Lipinski definition) is 4. The van der Waals surface area contributed by atoms with Gasteiger partial charge in [0, 0.05) is 25.2 Å². The number of carbonyl (C=O) groups is 1. The molecule has 29 heavy (non-hydrogen) atoms. The second kappa shape index (κ2) is 8.79. The standard InChI is InChI=1S/C20H22ClFN2O4S/c1-13-11-24(12-14(2)28-13)29(26,27)19-9-16(5-8-18(19)21)20(25)23-10-15-3-6-17(22)7-4-15/h3-9,13-14H,10-12H2,1-2H3,(H,23,25). The summed E-state index contributed by atoms with van der Waals surface area (Å²) in [6.45, 7) is 4.22. The Hall–Kier alpha value is -2.00. The summed E-state index contributed by atoms with van der Waals surface area (Å²) in [5, 5.41) is 2.74. The fourth-order valence-corrected chi connectivity index (χ4v) is 5.29. The molecular weight excluding hydrogens is 419 g/mol. The van der Waals surface area contributed by atoms with Crippen LogP contribution in [0.25, 0.3) is 0 Å². The van der Waals surface area contributed by atoms with Crippen molar-refractivity contribution in [2.24, 2.45) is 0 Å². The Kier molecular flexibility index (Phi) is 6.58. The van der Waals surface area contributed by atoms with Gasteiger partial charge in [0.05, 0.1) is 17.2 Å². The highest BCUT2D eigenvalue weighted by molar-refractivity contribution is 7.89. The quantitative estimate of drug-likeness (QED) is 0.774. The lowest BCUT2D eigenvalue weighted by atomic mass is 10.2. The van der Waals surface area contributed by atoms with E-state index in [1.165, 1.54) is 34.6 Å². The summed E-state index contributed by atoms with van der Waals surface area (Å²) in [5.41, 5.74) is 0.891. The highest BCUT2D eigenvalue weighted by Gasteiger charge is 2.33. The first-order valence-corrected chi connectivity index (χ1v) is 11.0. The molecule has 0 aliphatic carbocycles. The molecule has 0 spiro atoms. The molecule has 1 fully saturated rings. The number of ether oxygens (including phenoxy) is 1. The molecule has 0 saturated carbocycles. The van der Waals surface area contributed by atoms with Gasteiger partial charge in [0.15, 0.2) is 0 Å². The number of morpholine rings is 1. The SMILES string of the molecule is CC1CN(S(=O)(=O)c2cc(C(=O)NCc3ccc(F)cc3)ccc2Cl)CC(C)O1. The maximum absolute atomic E-state index is 13.1. The molecule has 0 radical (unpaired) electrons. The lowest BCUT2D eigenvalue weighted by Gasteiger charge is -2.34. The van der Waals surface area contributed by atoms with E-state index in [9.17, 15) is 17.6 Å². The van der Waals surface area contributed by atoms with Gasteiger partial charge in [-0.25, -0.2) is 12.8 Å². The molecule has 6 nitrogen and oxygen atoms in total. The lowest BCUT2D eigenvalue weighted by Crippen LogP contribution is -2.48. The summed E-state index contributed by atoms with van der Waals surface area (Å²) >= 11 is 6.16. The molecule has 1 saturated heterocycles. The smallest absolute Gasteiger partial charge is 0.251 e. The highest BCUT2D eigenvalue weighted by atomic mass is 35.5. The molecule has 0 aromatic heterocycles. The number of halogens is 2. The van der Waals surface area contributed by atoms with Crippen molar-refractivity contribution in [3.8, 4) is 0 Å². The molecule has 156 valence electrons. The van der Waals surface area contributed by atoms with E-state index in [-0.39, 0.29) is 53.1 Å². The maximum atomic E-state index is 13.1. The summed E-state index contributed by atoms with van der Waals surface area (Å²) in [6, 6.07) is 9.88. The molecule has 2 unspecified atom stereocenters. The molecule has 1 N–H and O–H groups in total. The Morgan fingerprint density at radius 1 is 1.17 bits per heavy atom. The van der Waals surface area contributed by atoms with Gasteiger partial charge in [0.2, 0.25) is 10.0 Å². The van der Waals surface area contributed by atoms with Crippen LogP contribution >= 0.6 is 11.6 Å². The summed E-state index contributed by atoms with van der Waals surface area (Å²) in [7, 11) is -3.89. The number of hydrogen-bond donors (Lipinski definition) is 1. The first kappa shape index (κ1) is 21.7. The number of amides is 1. The first-order valence-electron chi connectivity index (χ1n) is 9.14. The number of carbonyl (C=O) groups excluding carboxylic acids is 1. The van der Waals surface area contributed by atoms with Crippen molar-refractivity contribution in [3.05, 3.63) is 64.4 Å². The monoisotopic (exact) mass is 440 g/mol. The van der Waals surface area contributed by atoms with Crippen LogP contribution in [0.15, 0.2) is 47.4 Å². The van der Waals surface area contributed by atoms with Gasteiger partial charge in [-0.3, -0.25) is 4.79 Å². The minimum absolute atomic E-state index is 0.0480. The first-order chi connectivity index (χ1) is 13.7. The van der Waals surface area contributed by atoms with E-state index < -0.39 is 15.9 Å². The minimum atomic E-state index is -3.89. The van der Waals surface area contributed by atoms with E-state index in [1.54, 1.807) is 26.0 Å². The molecular formula is C20H22ClFN2O4S. The summed E-state index contributed by atoms with van der Waals surface area (Å²) in [4.78, 5) is 12.4. The number of nitrogens with zero attached hydrogens (tertiary/aromatic N) is 1. The van der Waals surface area contributed by atoms with Gasteiger partial charge in [-0.2, -0.15) is 4.31 Å². The Morgan fingerprint density at radius 2 is 1.79 bits per heavy atom. The van der Waals surface area contributed by atoms with Gasteiger partial charge in [-0.15, -0.1) is 0 Å². The van der Waals surface area contributed by atoms with Crippen LogP contribution < -0.4 is 5.32 Å². The van der Waals surface area contributed by atoms with Crippen molar-refractivity contribution < 1.29 is 22.3 Å². The highest BCUT2D eigenvalue weighted by Crippen LogP contribution is 2.28. The van der Waals surface area contributed by atoms with Gasteiger partial charge in [0.25, 0.3) is 5.91 Å². The summed E-state index contributed by atoms with van der Waals surface area (Å²) in [6.07, 6.45) is -0.482. The van der Waals surface area contributed by atoms with E-state index in [1.807, 2.05) is 0 Å². The molecule has 0 bridgehead atoms. The average molecular weight is 441 g/mol. The van der Waals surface area contributed by atoms with Crippen LogP contribution in [0.3, 0.4) is 0 Å². The zero-order valence-corrected chi connectivity index (χ0v) is 17.6. The van der Waals surface area contributed by atoms with Crippen LogP contribution in [0.2, 0.25) is 5.02 Å². The number of nitrogens with one attached hydrogen (secondary N) is 1.